The second-order valence-corrected chi connectivity index (χ2v) is 4.50. The summed E-state index contributed by atoms with van der Waals surface area (Å²) in [5.41, 5.74) is 0.177. The summed E-state index contributed by atoms with van der Waals surface area (Å²) >= 11 is 0. The summed E-state index contributed by atoms with van der Waals surface area (Å²) < 4.78 is 13.1. The molecule has 0 amide bonds. The number of hydrogen-bond donors (Lipinski definition) is 0. The fourth-order valence-electron chi connectivity index (χ4n) is 2.25. The van der Waals surface area contributed by atoms with Crippen molar-refractivity contribution in [2.45, 2.75) is 25.7 Å². The van der Waals surface area contributed by atoms with Crippen LogP contribution in [0.4, 0.5) is 4.39 Å². The lowest BCUT2D eigenvalue weighted by atomic mass is 9.83. The van der Waals surface area contributed by atoms with Crippen molar-refractivity contribution in [3.8, 4) is 6.07 Å². The van der Waals surface area contributed by atoms with Crippen molar-refractivity contribution >= 4 is 11.6 Å². The Morgan fingerprint density at radius 1 is 1.44 bits per heavy atom. The third-order valence-electron chi connectivity index (χ3n) is 3.22. The van der Waals surface area contributed by atoms with Crippen molar-refractivity contribution in [3.63, 3.8) is 0 Å². The molecule has 3 nitrogen and oxygen atoms in total. The van der Waals surface area contributed by atoms with E-state index in [1.165, 1.54) is 12.1 Å². The number of ketones is 2. The molecule has 0 N–H and O–H groups in total. The Labute approximate surface area is 104 Å². The Bertz CT molecular complexity index is 545. The molecule has 0 heterocycles. The second kappa shape index (κ2) is 5.09. The smallest absolute Gasteiger partial charge is 0.166 e. The van der Waals surface area contributed by atoms with Crippen LogP contribution in [0.1, 0.15) is 41.6 Å². The van der Waals surface area contributed by atoms with Gasteiger partial charge in [-0.2, -0.15) is 5.26 Å². The Balaban J connectivity index is 2.23. The van der Waals surface area contributed by atoms with Crippen molar-refractivity contribution in [2.24, 2.45) is 5.92 Å². The molecule has 1 unspecified atom stereocenters. The number of carbonyl (C=O) groups is 2. The summed E-state index contributed by atoms with van der Waals surface area (Å²) in [6.07, 6.45) is 2.21. The highest BCUT2D eigenvalue weighted by atomic mass is 19.1. The maximum atomic E-state index is 13.1. The molecule has 4 heteroatoms. The zero-order valence-electron chi connectivity index (χ0n) is 9.78. The van der Waals surface area contributed by atoms with Crippen molar-refractivity contribution in [1.82, 2.24) is 0 Å². The van der Waals surface area contributed by atoms with Gasteiger partial charge in [0, 0.05) is 24.3 Å². The number of nitrogens with zero attached hydrogens (tertiary/aromatic N) is 1. The molecule has 92 valence electrons. The van der Waals surface area contributed by atoms with Crippen LogP contribution in [0.25, 0.3) is 0 Å². The largest absolute Gasteiger partial charge is 0.300 e. The standard InChI is InChI=1S/C14H12FNO2/c15-13-5-4-10(6-11(13)8-16)14(18)9-2-1-3-12(17)7-9/h4-6,9H,1-3,7H2. The molecule has 1 aromatic rings. The molecule has 0 bridgehead atoms. The summed E-state index contributed by atoms with van der Waals surface area (Å²) in [6, 6.07) is 5.46. The monoisotopic (exact) mass is 245 g/mol. The Morgan fingerprint density at radius 3 is 2.89 bits per heavy atom. The predicted molar refractivity (Wildman–Crippen MR) is 62.4 cm³/mol. The average molecular weight is 245 g/mol. The number of halogens is 1. The van der Waals surface area contributed by atoms with Gasteiger partial charge < -0.3 is 0 Å². The highest BCUT2D eigenvalue weighted by Crippen LogP contribution is 2.25. The molecule has 1 atom stereocenters. The SMILES string of the molecule is N#Cc1cc(C(=O)C2CCCC(=O)C2)ccc1F. The van der Waals surface area contributed by atoms with Gasteiger partial charge in [0.1, 0.15) is 17.7 Å². The number of carbonyl (C=O) groups excluding carboxylic acids is 2. The van der Waals surface area contributed by atoms with Crippen LogP contribution in [0.15, 0.2) is 18.2 Å². The molecule has 1 aromatic carbocycles. The van der Waals surface area contributed by atoms with Crippen LogP contribution in [-0.4, -0.2) is 11.6 Å². The molecule has 0 aliphatic heterocycles. The summed E-state index contributed by atoms with van der Waals surface area (Å²) in [4.78, 5) is 23.5. The average Bonchev–Trinajstić information content (AvgIpc) is 2.38. The quantitative estimate of drug-likeness (QED) is 0.752. The lowest BCUT2D eigenvalue weighted by molar-refractivity contribution is -0.121. The van der Waals surface area contributed by atoms with Crippen LogP contribution < -0.4 is 0 Å². The van der Waals surface area contributed by atoms with E-state index in [2.05, 4.69) is 0 Å². The normalized spacial score (nSPS) is 19.3. The third-order valence-corrected chi connectivity index (χ3v) is 3.22. The molecule has 0 aromatic heterocycles. The first-order valence-corrected chi connectivity index (χ1v) is 5.87. The van der Waals surface area contributed by atoms with Crippen LogP contribution in [-0.2, 0) is 4.79 Å². The van der Waals surface area contributed by atoms with Gasteiger partial charge in [-0.3, -0.25) is 9.59 Å². The molecule has 1 aliphatic carbocycles. The van der Waals surface area contributed by atoms with Gasteiger partial charge >= 0.3 is 0 Å². The van der Waals surface area contributed by atoms with E-state index in [-0.39, 0.29) is 29.5 Å². The van der Waals surface area contributed by atoms with Crippen LogP contribution in [0.3, 0.4) is 0 Å². The van der Waals surface area contributed by atoms with E-state index in [9.17, 15) is 14.0 Å². The molecule has 1 fully saturated rings. The first-order chi connectivity index (χ1) is 8.61. The molecule has 18 heavy (non-hydrogen) atoms. The van der Waals surface area contributed by atoms with Crippen molar-refractivity contribution in [3.05, 3.63) is 35.1 Å². The molecule has 2 rings (SSSR count). The highest BCUT2D eigenvalue weighted by molar-refractivity contribution is 6.00. The zero-order chi connectivity index (χ0) is 13.1. The van der Waals surface area contributed by atoms with Gasteiger partial charge in [0.05, 0.1) is 5.56 Å². The Hall–Kier alpha value is -2.02. The van der Waals surface area contributed by atoms with Crippen molar-refractivity contribution in [2.75, 3.05) is 0 Å². The number of hydrogen-bond acceptors (Lipinski definition) is 3. The van der Waals surface area contributed by atoms with Gasteiger partial charge in [0.15, 0.2) is 5.78 Å². The molecular formula is C14H12FNO2. The predicted octanol–water partition coefficient (Wildman–Crippen LogP) is 2.64. The van der Waals surface area contributed by atoms with E-state index < -0.39 is 5.82 Å². The lowest BCUT2D eigenvalue weighted by Gasteiger charge is -2.19. The topological polar surface area (TPSA) is 57.9 Å². The molecular weight excluding hydrogens is 233 g/mol. The number of nitriles is 1. The van der Waals surface area contributed by atoms with Gasteiger partial charge in [0.2, 0.25) is 0 Å². The summed E-state index contributed by atoms with van der Waals surface area (Å²) in [6.45, 7) is 0. The van der Waals surface area contributed by atoms with Gasteiger partial charge in [-0.1, -0.05) is 0 Å². The minimum Gasteiger partial charge on any atom is -0.300 e. The number of Topliss-reactive ketones (excluding diaryl/α,β-unsaturated/α-hetero) is 2. The fraction of sp³-hybridized carbons (Fsp3) is 0.357. The van der Waals surface area contributed by atoms with Crippen molar-refractivity contribution < 1.29 is 14.0 Å². The van der Waals surface area contributed by atoms with E-state index in [1.54, 1.807) is 6.07 Å². The van der Waals surface area contributed by atoms with Crippen LogP contribution in [0, 0.1) is 23.1 Å². The van der Waals surface area contributed by atoms with Crippen LogP contribution in [0.2, 0.25) is 0 Å². The maximum Gasteiger partial charge on any atom is 0.166 e. The first kappa shape index (κ1) is 12.4. The maximum absolute atomic E-state index is 13.1. The fourth-order valence-corrected chi connectivity index (χ4v) is 2.25. The van der Waals surface area contributed by atoms with E-state index >= 15 is 0 Å². The number of rotatable bonds is 2. The van der Waals surface area contributed by atoms with Crippen LogP contribution in [0.5, 0.6) is 0 Å². The zero-order valence-corrected chi connectivity index (χ0v) is 9.78. The Kier molecular flexibility index (Phi) is 3.52. The highest BCUT2D eigenvalue weighted by Gasteiger charge is 2.26. The molecule has 0 saturated heterocycles. The molecule has 0 spiro atoms. The first-order valence-electron chi connectivity index (χ1n) is 5.87. The minimum absolute atomic E-state index is 0.0993. The lowest BCUT2D eigenvalue weighted by Crippen LogP contribution is -2.23. The molecule has 0 radical (unpaired) electrons. The van der Waals surface area contributed by atoms with E-state index in [1.807, 2.05) is 0 Å². The number of benzene rings is 1. The van der Waals surface area contributed by atoms with Gasteiger partial charge in [-0.15, -0.1) is 0 Å². The summed E-state index contributed by atoms with van der Waals surface area (Å²) in [5.74, 6) is -1.02. The minimum atomic E-state index is -0.631. The van der Waals surface area contributed by atoms with E-state index in [4.69, 9.17) is 5.26 Å². The van der Waals surface area contributed by atoms with Gasteiger partial charge in [-0.25, -0.2) is 4.39 Å². The van der Waals surface area contributed by atoms with Gasteiger partial charge in [-0.05, 0) is 31.0 Å². The van der Waals surface area contributed by atoms with Gasteiger partial charge in [0.25, 0.3) is 0 Å². The third kappa shape index (κ3) is 2.45. The van der Waals surface area contributed by atoms with Crippen LogP contribution >= 0.6 is 0 Å². The van der Waals surface area contributed by atoms with E-state index in [0.717, 1.165) is 12.5 Å². The van der Waals surface area contributed by atoms with E-state index in [0.29, 0.717) is 18.4 Å². The summed E-state index contributed by atoms with van der Waals surface area (Å²) in [5, 5.41) is 8.72. The van der Waals surface area contributed by atoms with Crippen molar-refractivity contribution in [1.29, 1.82) is 5.26 Å². The molecule has 1 saturated carbocycles. The Morgan fingerprint density at radius 2 is 2.22 bits per heavy atom. The second-order valence-electron chi connectivity index (χ2n) is 4.50. The molecule has 1 aliphatic rings. The summed E-state index contributed by atoms with van der Waals surface area (Å²) in [7, 11) is 0.